The Hall–Kier alpha value is -3.68. The zero-order valence-corrected chi connectivity index (χ0v) is 28.4. The molecule has 0 radical (unpaired) electrons. The van der Waals surface area contributed by atoms with E-state index < -0.39 is 17.9 Å². The molecule has 260 valence electrons. The molecule has 13 nitrogen and oxygen atoms in total. The van der Waals surface area contributed by atoms with Crippen LogP contribution in [-0.2, 0) is 25.7 Å². The standard InChI is InChI=1S/C31H50N6O7.C2H6/c1-5-10-35(21-29(41)42)12-14-37(15-13-36(22-30(43)44)11-9-23(2)7-6-8-28(39)40)20-27(38)34-19-25-16-24(3)17-26(18-25)31(32)33-4;1-2/h16-18,23,32H,4-15,19-22H2,1-3H3,(H,34,38)(H,39,40)(H,41,42)(H,43,44);1-2H3/t23-;/m1./s1. The number of aliphatic carboxylic acids is 3. The van der Waals surface area contributed by atoms with E-state index in [0.717, 1.165) is 24.0 Å². The Morgan fingerprint density at radius 1 is 0.848 bits per heavy atom. The summed E-state index contributed by atoms with van der Waals surface area (Å²) in [6, 6.07) is 5.52. The lowest BCUT2D eigenvalue weighted by Crippen LogP contribution is -2.46. The van der Waals surface area contributed by atoms with Crippen molar-refractivity contribution in [2.45, 2.75) is 73.3 Å². The van der Waals surface area contributed by atoms with Gasteiger partial charge in [-0.1, -0.05) is 45.7 Å². The number of carbonyl (C=O) groups excluding carboxylic acids is 1. The summed E-state index contributed by atoms with van der Waals surface area (Å²) in [5.41, 5.74) is 2.34. The van der Waals surface area contributed by atoms with E-state index in [4.69, 9.17) is 10.5 Å². The van der Waals surface area contributed by atoms with E-state index >= 15 is 0 Å². The average molecular weight is 649 g/mol. The predicted octanol–water partition coefficient (Wildman–Crippen LogP) is 3.43. The molecule has 0 aliphatic carbocycles. The molecule has 0 bridgehead atoms. The number of carboxylic acid groups (broad SMARTS) is 3. The van der Waals surface area contributed by atoms with Crippen LogP contribution in [0.15, 0.2) is 23.2 Å². The minimum Gasteiger partial charge on any atom is -0.481 e. The van der Waals surface area contributed by atoms with Gasteiger partial charge in [0.05, 0.1) is 19.6 Å². The lowest BCUT2D eigenvalue weighted by atomic mass is 10.0. The number of carboxylic acids is 3. The Kier molecular flexibility index (Phi) is 22.6. The van der Waals surface area contributed by atoms with Gasteiger partial charge in [0.25, 0.3) is 0 Å². The maximum absolute atomic E-state index is 13.0. The molecule has 0 saturated heterocycles. The van der Waals surface area contributed by atoms with Crippen molar-refractivity contribution in [2.24, 2.45) is 10.9 Å². The zero-order chi connectivity index (χ0) is 35.1. The number of aryl methyl sites for hydroxylation is 1. The van der Waals surface area contributed by atoms with Crippen LogP contribution in [0.5, 0.6) is 0 Å². The first kappa shape index (κ1) is 42.3. The summed E-state index contributed by atoms with van der Waals surface area (Å²) in [4.78, 5) is 56.0. The van der Waals surface area contributed by atoms with Crippen molar-refractivity contribution in [1.82, 2.24) is 20.0 Å². The molecule has 0 spiro atoms. The molecule has 46 heavy (non-hydrogen) atoms. The van der Waals surface area contributed by atoms with Crippen LogP contribution in [0, 0.1) is 18.3 Å². The zero-order valence-electron chi connectivity index (χ0n) is 28.4. The molecular weight excluding hydrogens is 592 g/mol. The molecule has 0 fully saturated rings. The summed E-state index contributed by atoms with van der Waals surface area (Å²) in [5.74, 6) is -2.66. The first-order chi connectivity index (χ1) is 21.8. The topological polar surface area (TPSA) is 187 Å². The van der Waals surface area contributed by atoms with Gasteiger partial charge < -0.3 is 20.6 Å². The first-order valence-corrected chi connectivity index (χ1v) is 16.1. The van der Waals surface area contributed by atoms with Gasteiger partial charge >= 0.3 is 17.9 Å². The van der Waals surface area contributed by atoms with Gasteiger partial charge in [-0.3, -0.25) is 39.3 Å². The predicted molar refractivity (Wildman–Crippen MR) is 181 cm³/mol. The largest absolute Gasteiger partial charge is 0.481 e. The van der Waals surface area contributed by atoms with Crippen LogP contribution in [0.25, 0.3) is 0 Å². The smallest absolute Gasteiger partial charge is 0.317 e. The highest BCUT2D eigenvalue weighted by Gasteiger charge is 2.18. The van der Waals surface area contributed by atoms with Crippen molar-refractivity contribution >= 4 is 36.4 Å². The van der Waals surface area contributed by atoms with Gasteiger partial charge in [-0.15, -0.1) is 0 Å². The third-order valence-corrected chi connectivity index (χ3v) is 7.17. The van der Waals surface area contributed by atoms with E-state index in [1.165, 1.54) is 0 Å². The van der Waals surface area contributed by atoms with Crippen LogP contribution in [0.4, 0.5) is 0 Å². The Morgan fingerprint density at radius 3 is 1.89 bits per heavy atom. The van der Waals surface area contributed by atoms with Crippen LogP contribution in [-0.4, -0.2) is 125 Å². The lowest BCUT2D eigenvalue weighted by Gasteiger charge is -2.29. The second-order valence-corrected chi connectivity index (χ2v) is 11.3. The van der Waals surface area contributed by atoms with Crippen molar-refractivity contribution in [1.29, 1.82) is 5.41 Å². The van der Waals surface area contributed by atoms with Crippen LogP contribution < -0.4 is 5.32 Å². The molecule has 0 saturated carbocycles. The number of aliphatic imine (C=N–C) groups is 1. The number of amidine groups is 1. The number of nitrogens with one attached hydrogen (secondary N) is 2. The molecule has 1 rings (SSSR count). The number of rotatable bonds is 24. The van der Waals surface area contributed by atoms with Gasteiger partial charge in [0.2, 0.25) is 5.91 Å². The maximum Gasteiger partial charge on any atom is 0.317 e. The van der Waals surface area contributed by atoms with Gasteiger partial charge in [0.1, 0.15) is 0 Å². The molecule has 1 atom stereocenters. The normalized spacial score (nSPS) is 11.6. The second-order valence-electron chi connectivity index (χ2n) is 11.3. The number of carbonyl (C=O) groups is 4. The van der Waals surface area contributed by atoms with Gasteiger partial charge in [-0.05, 0) is 69.6 Å². The molecule has 1 aromatic carbocycles. The van der Waals surface area contributed by atoms with E-state index in [2.05, 4.69) is 17.0 Å². The number of amides is 1. The van der Waals surface area contributed by atoms with Gasteiger partial charge in [-0.2, -0.15) is 0 Å². The van der Waals surface area contributed by atoms with Crippen molar-refractivity contribution in [2.75, 3.05) is 58.9 Å². The number of benzene rings is 1. The highest BCUT2D eigenvalue weighted by Crippen LogP contribution is 2.13. The van der Waals surface area contributed by atoms with Crippen LogP contribution in [0.2, 0.25) is 0 Å². The van der Waals surface area contributed by atoms with Crippen molar-refractivity contribution in [3.8, 4) is 0 Å². The molecule has 0 aromatic heterocycles. The highest BCUT2D eigenvalue weighted by molar-refractivity contribution is 5.99. The fourth-order valence-corrected chi connectivity index (χ4v) is 4.88. The van der Waals surface area contributed by atoms with E-state index in [1.807, 2.05) is 61.5 Å². The number of nitrogens with zero attached hydrogens (tertiary/aromatic N) is 4. The molecule has 0 aliphatic rings. The molecule has 13 heteroatoms. The molecule has 0 heterocycles. The summed E-state index contributed by atoms with van der Waals surface area (Å²) in [7, 11) is 0. The molecule has 1 aromatic rings. The minimum atomic E-state index is -0.958. The third kappa shape index (κ3) is 20.4. The Balaban J connectivity index is 0.00000991. The first-order valence-electron chi connectivity index (χ1n) is 16.1. The molecule has 1 amide bonds. The minimum absolute atomic E-state index is 0.0439. The van der Waals surface area contributed by atoms with Crippen molar-refractivity contribution in [3.05, 3.63) is 34.9 Å². The van der Waals surface area contributed by atoms with E-state index in [1.54, 1.807) is 6.07 Å². The molecule has 0 aliphatic heterocycles. The van der Waals surface area contributed by atoms with Gasteiger partial charge in [0.15, 0.2) is 5.84 Å². The van der Waals surface area contributed by atoms with Crippen LogP contribution >= 0.6 is 0 Å². The fraction of sp³-hybridized carbons (Fsp3) is 0.636. The Bertz CT molecular complexity index is 1110. The summed E-state index contributed by atoms with van der Waals surface area (Å²) in [5, 5.41) is 38.5. The molecule has 0 unspecified atom stereocenters. The highest BCUT2D eigenvalue weighted by atomic mass is 16.4. The fourth-order valence-electron chi connectivity index (χ4n) is 4.88. The Labute approximate surface area is 274 Å². The Morgan fingerprint density at radius 2 is 1.39 bits per heavy atom. The summed E-state index contributed by atoms with van der Waals surface area (Å²) in [6.07, 6.45) is 2.91. The summed E-state index contributed by atoms with van der Waals surface area (Å²) >= 11 is 0. The van der Waals surface area contributed by atoms with Gasteiger partial charge in [0, 0.05) is 44.7 Å². The number of hydrogen-bond acceptors (Lipinski definition) is 8. The third-order valence-electron chi connectivity index (χ3n) is 7.17. The lowest BCUT2D eigenvalue weighted by molar-refractivity contribution is -0.139. The van der Waals surface area contributed by atoms with Crippen LogP contribution in [0.1, 0.15) is 76.5 Å². The summed E-state index contributed by atoms with van der Waals surface area (Å²) < 4.78 is 0. The SMILES string of the molecule is C=NC(=N)c1cc(C)cc(CNC(=O)CN(CCN(CCC)CC(=O)O)CCN(CC[C@H](C)CCCC(=O)O)CC(=O)O)c1.CC. The number of hydrogen-bond donors (Lipinski definition) is 5. The quantitative estimate of drug-likeness (QED) is 0.0821. The van der Waals surface area contributed by atoms with Crippen molar-refractivity contribution < 1.29 is 34.5 Å². The maximum atomic E-state index is 13.0. The van der Waals surface area contributed by atoms with E-state index in [0.29, 0.717) is 57.7 Å². The monoisotopic (exact) mass is 648 g/mol. The molecule has 5 N–H and O–H groups in total. The molecular formula is C33H56N6O7. The van der Waals surface area contributed by atoms with Crippen molar-refractivity contribution in [3.63, 3.8) is 0 Å². The summed E-state index contributed by atoms with van der Waals surface area (Å²) in [6.45, 7) is 16.1. The van der Waals surface area contributed by atoms with E-state index in [9.17, 15) is 29.4 Å². The van der Waals surface area contributed by atoms with E-state index in [-0.39, 0.29) is 50.3 Å². The average Bonchev–Trinajstić information content (AvgIpc) is 2.99. The second kappa shape index (κ2) is 24.5. The van der Waals surface area contributed by atoms with Crippen LogP contribution in [0.3, 0.4) is 0 Å². The van der Waals surface area contributed by atoms with Gasteiger partial charge in [-0.25, -0.2) is 4.99 Å².